The topological polar surface area (TPSA) is 98.9 Å². The van der Waals surface area contributed by atoms with Gasteiger partial charge in [0.15, 0.2) is 5.65 Å². The van der Waals surface area contributed by atoms with Crippen LogP contribution in [0.25, 0.3) is 11.0 Å². The Morgan fingerprint density at radius 2 is 1.94 bits per heavy atom. The minimum atomic E-state index is -0.472. The van der Waals surface area contributed by atoms with Gasteiger partial charge < -0.3 is 5.32 Å². The maximum absolute atomic E-state index is 12.9. The number of hydrogen-bond acceptors (Lipinski definition) is 6. The predicted molar refractivity (Wildman–Crippen MR) is 127 cm³/mol. The molecular formula is C22H26ClN5O3S. The van der Waals surface area contributed by atoms with Gasteiger partial charge in [-0.25, -0.2) is 14.8 Å². The lowest BCUT2D eigenvalue weighted by Gasteiger charge is -2.16. The van der Waals surface area contributed by atoms with Gasteiger partial charge in [-0.3, -0.25) is 18.7 Å². The molecule has 1 atom stereocenters. The first-order valence-electron chi connectivity index (χ1n) is 10.2. The molecule has 10 heteroatoms. The number of rotatable bonds is 7. The zero-order valence-corrected chi connectivity index (χ0v) is 20.3. The fraction of sp³-hybridized carbons (Fsp3) is 0.409. The van der Waals surface area contributed by atoms with E-state index in [9.17, 15) is 14.4 Å². The van der Waals surface area contributed by atoms with Gasteiger partial charge in [-0.15, -0.1) is 0 Å². The maximum Gasteiger partial charge on any atom is 0.332 e. The van der Waals surface area contributed by atoms with E-state index in [1.165, 1.54) is 11.6 Å². The second-order valence-electron chi connectivity index (χ2n) is 8.06. The summed E-state index contributed by atoms with van der Waals surface area (Å²) in [7, 11) is 1.44. The quantitative estimate of drug-likeness (QED) is 0.416. The average Bonchev–Trinajstić information content (AvgIpc) is 2.73. The number of carbonyl (C=O) groups excluding carboxylic acids is 1. The molecule has 0 bridgehead atoms. The predicted octanol–water partition coefficient (Wildman–Crippen LogP) is 3.08. The molecule has 0 aliphatic carbocycles. The molecule has 0 spiro atoms. The highest BCUT2D eigenvalue weighted by atomic mass is 35.5. The summed E-state index contributed by atoms with van der Waals surface area (Å²) >= 11 is 7.18. The summed E-state index contributed by atoms with van der Waals surface area (Å²) in [5, 5.41) is 4.16. The van der Waals surface area contributed by atoms with Crippen molar-refractivity contribution in [1.29, 1.82) is 0 Å². The summed E-state index contributed by atoms with van der Waals surface area (Å²) < 4.78 is 2.57. The lowest BCUT2D eigenvalue weighted by atomic mass is 10.1. The van der Waals surface area contributed by atoms with E-state index in [0.717, 1.165) is 21.9 Å². The van der Waals surface area contributed by atoms with Crippen LogP contribution in [0.1, 0.15) is 38.2 Å². The van der Waals surface area contributed by atoms with E-state index in [4.69, 9.17) is 11.6 Å². The highest BCUT2D eigenvalue weighted by Gasteiger charge is 2.20. The highest BCUT2D eigenvalue weighted by Crippen LogP contribution is 2.23. The first-order valence-corrected chi connectivity index (χ1v) is 11.6. The van der Waals surface area contributed by atoms with Gasteiger partial charge >= 0.3 is 5.69 Å². The minimum absolute atomic E-state index is 0.0585. The molecule has 0 aliphatic rings. The van der Waals surface area contributed by atoms with Crippen LogP contribution in [0.5, 0.6) is 0 Å². The van der Waals surface area contributed by atoms with Crippen LogP contribution in [0.2, 0.25) is 5.02 Å². The van der Waals surface area contributed by atoms with Gasteiger partial charge in [-0.05, 0) is 37.5 Å². The van der Waals surface area contributed by atoms with Gasteiger partial charge in [0.1, 0.15) is 16.2 Å². The molecule has 0 aliphatic heterocycles. The number of carbonyl (C=O) groups is 1. The second kappa shape index (κ2) is 9.87. The van der Waals surface area contributed by atoms with Gasteiger partial charge in [-0.2, -0.15) is 0 Å². The Kier molecular flexibility index (Phi) is 7.40. The fourth-order valence-corrected chi connectivity index (χ4v) is 4.42. The molecular weight excluding hydrogens is 450 g/mol. The van der Waals surface area contributed by atoms with E-state index in [2.05, 4.69) is 15.3 Å². The lowest BCUT2D eigenvalue weighted by molar-refractivity contribution is -0.119. The summed E-state index contributed by atoms with van der Waals surface area (Å²) in [5.41, 5.74) is 0.304. The summed E-state index contributed by atoms with van der Waals surface area (Å²) in [4.78, 5) is 47.0. The van der Waals surface area contributed by atoms with E-state index in [1.807, 2.05) is 32.9 Å². The van der Waals surface area contributed by atoms with Crippen LogP contribution >= 0.6 is 23.4 Å². The normalized spacial score (nSPS) is 12.3. The standard InChI is InChI=1S/C22H26ClN5O3S/c1-12(2)10-28-19-18(21(30)27(5)22(28)31)20(26-14(4)25-19)32-11-17(29)24-13(3)15-7-6-8-16(23)9-15/h6-9,12-13H,10-11H2,1-5H3,(H,24,29). The van der Waals surface area contributed by atoms with Crippen molar-refractivity contribution in [2.75, 3.05) is 5.75 Å². The number of halogens is 1. The van der Waals surface area contributed by atoms with Gasteiger partial charge in [-0.1, -0.05) is 49.3 Å². The molecule has 3 rings (SSSR count). The Morgan fingerprint density at radius 1 is 1.22 bits per heavy atom. The molecule has 2 aromatic heterocycles. The van der Waals surface area contributed by atoms with Gasteiger partial charge in [0.2, 0.25) is 5.91 Å². The van der Waals surface area contributed by atoms with E-state index in [0.29, 0.717) is 28.1 Å². The summed E-state index contributed by atoms with van der Waals surface area (Å²) in [5.74, 6) is 0.457. The molecule has 0 saturated carbocycles. The van der Waals surface area contributed by atoms with Crippen molar-refractivity contribution in [3.63, 3.8) is 0 Å². The van der Waals surface area contributed by atoms with Crippen LogP contribution in [-0.4, -0.2) is 30.8 Å². The molecule has 2 heterocycles. The molecule has 8 nitrogen and oxygen atoms in total. The number of benzene rings is 1. The Bertz CT molecular complexity index is 1290. The molecule has 32 heavy (non-hydrogen) atoms. The van der Waals surface area contributed by atoms with Crippen molar-refractivity contribution >= 4 is 40.3 Å². The van der Waals surface area contributed by atoms with Crippen LogP contribution in [0, 0.1) is 12.8 Å². The zero-order chi connectivity index (χ0) is 23.6. The first kappa shape index (κ1) is 24.0. The molecule has 1 N–H and O–H groups in total. The molecule has 3 aromatic rings. The number of fused-ring (bicyclic) bond motifs is 1. The second-order valence-corrected chi connectivity index (χ2v) is 9.46. The van der Waals surface area contributed by atoms with E-state index < -0.39 is 11.2 Å². The lowest BCUT2D eigenvalue weighted by Crippen LogP contribution is -2.39. The zero-order valence-electron chi connectivity index (χ0n) is 18.7. The molecule has 0 fully saturated rings. The average molecular weight is 476 g/mol. The van der Waals surface area contributed by atoms with E-state index in [-0.39, 0.29) is 29.0 Å². The third kappa shape index (κ3) is 5.21. The Morgan fingerprint density at radius 3 is 2.59 bits per heavy atom. The molecule has 1 aromatic carbocycles. The summed E-state index contributed by atoms with van der Waals surface area (Å²) in [6.07, 6.45) is 0. The van der Waals surface area contributed by atoms with Gasteiger partial charge in [0.05, 0.1) is 11.8 Å². The van der Waals surface area contributed by atoms with Crippen LogP contribution in [0.15, 0.2) is 38.9 Å². The van der Waals surface area contributed by atoms with Crippen molar-refractivity contribution in [3.8, 4) is 0 Å². The summed E-state index contributed by atoms with van der Waals surface area (Å²) in [6, 6.07) is 7.07. The SMILES string of the molecule is Cc1nc(SCC(=O)NC(C)c2cccc(Cl)c2)c2c(=O)n(C)c(=O)n(CC(C)C)c2n1. The molecule has 1 unspecified atom stereocenters. The van der Waals surface area contributed by atoms with Crippen LogP contribution in [0.3, 0.4) is 0 Å². The van der Waals surface area contributed by atoms with E-state index in [1.54, 1.807) is 19.1 Å². The van der Waals surface area contributed by atoms with Crippen molar-refractivity contribution < 1.29 is 4.79 Å². The van der Waals surface area contributed by atoms with Crippen LogP contribution in [-0.2, 0) is 18.4 Å². The number of amides is 1. The fourth-order valence-electron chi connectivity index (χ4n) is 3.35. The molecule has 0 radical (unpaired) electrons. The number of hydrogen-bond donors (Lipinski definition) is 1. The first-order chi connectivity index (χ1) is 15.1. The number of thioether (sulfide) groups is 1. The third-order valence-electron chi connectivity index (χ3n) is 4.87. The number of nitrogens with zero attached hydrogens (tertiary/aromatic N) is 4. The maximum atomic E-state index is 12.9. The largest absolute Gasteiger partial charge is 0.349 e. The Hall–Kier alpha value is -2.65. The number of aromatic nitrogens is 4. The van der Waals surface area contributed by atoms with Crippen molar-refractivity contribution in [2.24, 2.45) is 13.0 Å². The summed E-state index contributed by atoms with van der Waals surface area (Å²) in [6.45, 7) is 7.96. The molecule has 170 valence electrons. The van der Waals surface area contributed by atoms with Crippen molar-refractivity contribution in [2.45, 2.75) is 45.3 Å². The van der Waals surface area contributed by atoms with Crippen LogP contribution < -0.4 is 16.6 Å². The minimum Gasteiger partial charge on any atom is -0.349 e. The van der Waals surface area contributed by atoms with E-state index >= 15 is 0 Å². The number of aryl methyl sites for hydroxylation is 1. The molecule has 1 amide bonds. The monoisotopic (exact) mass is 475 g/mol. The van der Waals surface area contributed by atoms with Gasteiger partial charge in [0, 0.05) is 18.6 Å². The number of nitrogens with one attached hydrogen (secondary N) is 1. The third-order valence-corrected chi connectivity index (χ3v) is 6.08. The Labute approximate surface area is 195 Å². The Balaban J connectivity index is 1.90. The van der Waals surface area contributed by atoms with Gasteiger partial charge in [0.25, 0.3) is 5.56 Å². The molecule has 0 saturated heterocycles. The van der Waals surface area contributed by atoms with Crippen LogP contribution in [0.4, 0.5) is 0 Å². The van der Waals surface area contributed by atoms with Crippen molar-refractivity contribution in [1.82, 2.24) is 24.4 Å². The highest BCUT2D eigenvalue weighted by molar-refractivity contribution is 8.00. The smallest absolute Gasteiger partial charge is 0.332 e. The van der Waals surface area contributed by atoms with Crippen molar-refractivity contribution in [3.05, 3.63) is 61.5 Å².